The molecule has 0 saturated carbocycles. The predicted octanol–water partition coefficient (Wildman–Crippen LogP) is 3.46. The van der Waals surface area contributed by atoms with Gasteiger partial charge < -0.3 is 20.4 Å². The molecule has 0 fully saturated rings. The zero-order chi connectivity index (χ0) is 20.3. The van der Waals surface area contributed by atoms with Crippen molar-refractivity contribution in [1.82, 2.24) is 0 Å². The number of aliphatic carboxylic acids is 1. The summed E-state index contributed by atoms with van der Waals surface area (Å²) in [5.41, 5.74) is 0. The van der Waals surface area contributed by atoms with Gasteiger partial charge in [0.1, 0.15) is 0 Å². The molecule has 5 heteroatoms. The van der Waals surface area contributed by atoms with Crippen LogP contribution in [0, 0.1) is 0 Å². The van der Waals surface area contributed by atoms with Crippen molar-refractivity contribution in [2.45, 2.75) is 57.3 Å². The van der Waals surface area contributed by atoms with E-state index >= 15 is 0 Å². The molecular formula is C22H32O5. The highest BCUT2D eigenvalue weighted by Gasteiger charge is 2.10. The van der Waals surface area contributed by atoms with Crippen molar-refractivity contribution >= 4 is 5.97 Å². The third kappa shape index (κ3) is 17.0. The first-order chi connectivity index (χ1) is 13.0. The van der Waals surface area contributed by atoms with Gasteiger partial charge in [0.2, 0.25) is 0 Å². The Bertz CT molecular complexity index is 555. The van der Waals surface area contributed by atoms with Crippen LogP contribution in [0.2, 0.25) is 0 Å². The van der Waals surface area contributed by atoms with Crippen LogP contribution in [-0.2, 0) is 4.79 Å². The molecule has 0 aliphatic carbocycles. The van der Waals surface area contributed by atoms with E-state index in [4.69, 9.17) is 5.11 Å². The third-order valence-electron chi connectivity index (χ3n) is 3.44. The lowest BCUT2D eigenvalue weighted by Gasteiger charge is -2.11. The minimum atomic E-state index is -0.904. The van der Waals surface area contributed by atoms with Crippen LogP contribution in [0.5, 0.6) is 0 Å². The molecule has 0 saturated heterocycles. The van der Waals surface area contributed by atoms with E-state index in [1.165, 1.54) is 6.08 Å². The zero-order valence-corrected chi connectivity index (χ0v) is 15.9. The lowest BCUT2D eigenvalue weighted by molar-refractivity contribution is -0.136. The minimum absolute atomic E-state index is 0.0951. The monoisotopic (exact) mass is 376 g/mol. The van der Waals surface area contributed by atoms with E-state index in [0.717, 1.165) is 6.42 Å². The number of carboxylic acid groups (broad SMARTS) is 1. The van der Waals surface area contributed by atoms with Gasteiger partial charge in [-0.1, -0.05) is 79.8 Å². The molecule has 27 heavy (non-hydrogen) atoms. The molecule has 0 aromatic heterocycles. The van der Waals surface area contributed by atoms with Gasteiger partial charge in [0, 0.05) is 6.42 Å². The molecule has 0 heterocycles. The van der Waals surface area contributed by atoms with Gasteiger partial charge in [-0.2, -0.15) is 0 Å². The van der Waals surface area contributed by atoms with Crippen LogP contribution < -0.4 is 0 Å². The summed E-state index contributed by atoms with van der Waals surface area (Å²) in [7, 11) is 0. The number of rotatable bonds is 14. The summed E-state index contributed by atoms with van der Waals surface area (Å²) < 4.78 is 0. The molecule has 0 rings (SSSR count). The maximum atomic E-state index is 10.3. The lowest BCUT2D eigenvalue weighted by atomic mass is 10.1. The van der Waals surface area contributed by atoms with E-state index < -0.39 is 24.3 Å². The molecule has 0 amide bonds. The number of aliphatic hydroxyl groups excluding tert-OH is 3. The smallest absolute Gasteiger partial charge is 0.303 e. The number of hydrogen-bond acceptors (Lipinski definition) is 4. The molecule has 5 nitrogen and oxygen atoms in total. The van der Waals surface area contributed by atoms with Gasteiger partial charge in [0.25, 0.3) is 0 Å². The fourth-order valence-corrected chi connectivity index (χ4v) is 1.94. The summed E-state index contributed by atoms with van der Waals surface area (Å²) in [6.07, 6.45) is 21.0. The maximum Gasteiger partial charge on any atom is 0.303 e. The Morgan fingerprint density at radius 2 is 1.41 bits per heavy atom. The second-order valence-electron chi connectivity index (χ2n) is 5.92. The van der Waals surface area contributed by atoms with Crippen molar-refractivity contribution < 1.29 is 25.2 Å². The largest absolute Gasteiger partial charge is 0.481 e. The van der Waals surface area contributed by atoms with Crippen molar-refractivity contribution in [1.29, 1.82) is 0 Å². The number of aliphatic hydroxyl groups is 3. The van der Waals surface area contributed by atoms with Crippen LogP contribution in [-0.4, -0.2) is 44.7 Å². The second-order valence-corrected chi connectivity index (χ2v) is 5.92. The molecule has 3 atom stereocenters. The molecule has 150 valence electrons. The SMILES string of the molecule is CC/C=C/C[C@H](O)[C@H](O)/C=C/C=C/C=C/C=C/[C@@H](O)C/C=C/CCC(=O)O. The Hall–Kier alpha value is -2.21. The van der Waals surface area contributed by atoms with Gasteiger partial charge in [-0.25, -0.2) is 0 Å². The van der Waals surface area contributed by atoms with E-state index in [1.54, 1.807) is 54.7 Å². The Balaban J connectivity index is 4.03. The van der Waals surface area contributed by atoms with Crippen LogP contribution in [0.3, 0.4) is 0 Å². The number of allylic oxidation sites excluding steroid dienone is 8. The fourth-order valence-electron chi connectivity index (χ4n) is 1.94. The summed E-state index contributed by atoms with van der Waals surface area (Å²) in [5.74, 6) is -0.831. The summed E-state index contributed by atoms with van der Waals surface area (Å²) in [6, 6.07) is 0. The minimum Gasteiger partial charge on any atom is -0.481 e. The van der Waals surface area contributed by atoms with Crippen molar-refractivity contribution in [3.05, 3.63) is 72.9 Å². The maximum absolute atomic E-state index is 10.3. The van der Waals surface area contributed by atoms with E-state index in [-0.39, 0.29) is 6.42 Å². The number of carboxylic acids is 1. The molecular weight excluding hydrogens is 344 g/mol. The number of carbonyl (C=O) groups is 1. The highest BCUT2D eigenvalue weighted by Crippen LogP contribution is 2.03. The molecule has 0 unspecified atom stereocenters. The van der Waals surface area contributed by atoms with Crippen molar-refractivity contribution in [2.75, 3.05) is 0 Å². The topological polar surface area (TPSA) is 98.0 Å². The number of hydrogen-bond donors (Lipinski definition) is 4. The van der Waals surface area contributed by atoms with Crippen molar-refractivity contribution in [2.24, 2.45) is 0 Å². The van der Waals surface area contributed by atoms with E-state index in [0.29, 0.717) is 19.3 Å². The first-order valence-corrected chi connectivity index (χ1v) is 9.21. The standard InChI is InChI=1S/C22H32O5/c1-2-3-9-16-20(24)21(25)17-12-7-5-4-6-10-14-19(23)15-11-8-13-18-22(26)27/h3-12,14,17,19-21,23-25H,2,13,15-16,18H2,1H3,(H,26,27)/b6-4+,7-5+,9-3+,11-8+,14-10+,17-12+/t19-,20+,21-/m1/s1. The van der Waals surface area contributed by atoms with Crippen LogP contribution in [0.4, 0.5) is 0 Å². The van der Waals surface area contributed by atoms with Crippen molar-refractivity contribution in [3.8, 4) is 0 Å². The summed E-state index contributed by atoms with van der Waals surface area (Å²) in [4.78, 5) is 10.3. The molecule has 0 aliphatic rings. The quantitative estimate of drug-likeness (QED) is 0.275. The average Bonchev–Trinajstić information content (AvgIpc) is 2.63. The van der Waals surface area contributed by atoms with Crippen LogP contribution in [0.1, 0.15) is 39.0 Å². The Morgan fingerprint density at radius 1 is 0.815 bits per heavy atom. The summed E-state index contributed by atoms with van der Waals surface area (Å²) >= 11 is 0. The van der Waals surface area contributed by atoms with Crippen molar-refractivity contribution in [3.63, 3.8) is 0 Å². The van der Waals surface area contributed by atoms with Gasteiger partial charge >= 0.3 is 5.97 Å². The van der Waals surface area contributed by atoms with Gasteiger partial charge in [-0.15, -0.1) is 0 Å². The molecule has 0 aromatic carbocycles. The van der Waals surface area contributed by atoms with E-state index in [1.807, 2.05) is 19.1 Å². The molecule has 0 spiro atoms. The van der Waals surface area contributed by atoms with Crippen LogP contribution in [0.15, 0.2) is 72.9 Å². The Morgan fingerprint density at radius 3 is 2.04 bits per heavy atom. The average molecular weight is 376 g/mol. The fraction of sp³-hybridized carbons (Fsp3) is 0.409. The Labute approximate surface area is 162 Å². The van der Waals surface area contributed by atoms with Gasteiger partial charge in [-0.3, -0.25) is 4.79 Å². The second kappa shape index (κ2) is 17.2. The molecule has 4 N–H and O–H groups in total. The highest BCUT2D eigenvalue weighted by molar-refractivity contribution is 5.66. The predicted molar refractivity (Wildman–Crippen MR) is 109 cm³/mol. The molecule has 0 aromatic rings. The Kier molecular flexibility index (Phi) is 15.8. The molecule has 0 radical (unpaired) electrons. The van der Waals surface area contributed by atoms with Crippen LogP contribution >= 0.6 is 0 Å². The van der Waals surface area contributed by atoms with E-state index in [2.05, 4.69) is 0 Å². The highest BCUT2D eigenvalue weighted by atomic mass is 16.4. The molecule has 0 aliphatic heterocycles. The first-order valence-electron chi connectivity index (χ1n) is 9.21. The van der Waals surface area contributed by atoms with Gasteiger partial charge in [0.05, 0.1) is 18.3 Å². The molecule has 0 bridgehead atoms. The zero-order valence-electron chi connectivity index (χ0n) is 15.9. The summed E-state index contributed by atoms with van der Waals surface area (Å²) in [6.45, 7) is 2.01. The van der Waals surface area contributed by atoms with Gasteiger partial charge in [-0.05, 0) is 25.7 Å². The normalized spacial score (nSPS) is 16.6. The van der Waals surface area contributed by atoms with E-state index in [9.17, 15) is 20.1 Å². The lowest BCUT2D eigenvalue weighted by Crippen LogP contribution is -2.22. The van der Waals surface area contributed by atoms with Gasteiger partial charge in [0.15, 0.2) is 0 Å². The summed E-state index contributed by atoms with van der Waals surface area (Å²) in [5, 5.41) is 37.7. The first kappa shape index (κ1) is 24.8. The third-order valence-corrected chi connectivity index (χ3v) is 3.44. The van der Waals surface area contributed by atoms with Crippen LogP contribution in [0.25, 0.3) is 0 Å².